The third-order valence-electron chi connectivity index (χ3n) is 4.25. The number of imidazole rings is 1. The predicted molar refractivity (Wildman–Crippen MR) is 79.9 cm³/mol. The molecule has 5 heteroatoms. The van der Waals surface area contributed by atoms with Crippen LogP contribution in [0.15, 0.2) is 41.1 Å². The molecule has 0 radical (unpaired) electrons. The summed E-state index contributed by atoms with van der Waals surface area (Å²) in [4.78, 5) is 11.7. The number of likely N-dealkylation sites (tertiary alicyclic amines) is 1. The topological polar surface area (TPSA) is 47.1 Å². The normalized spacial score (nSPS) is 19.6. The Bertz CT molecular complexity index is 747. The van der Waals surface area contributed by atoms with Crippen molar-refractivity contribution in [2.24, 2.45) is 0 Å². The number of aromatic nitrogens is 3. The molecule has 3 aromatic rings. The summed E-state index contributed by atoms with van der Waals surface area (Å²) in [5, 5.41) is 0. The van der Waals surface area contributed by atoms with Crippen molar-refractivity contribution in [3.05, 3.63) is 48.3 Å². The fourth-order valence-corrected chi connectivity index (χ4v) is 3.18. The maximum atomic E-state index is 5.51. The first kappa shape index (κ1) is 12.6. The number of furan rings is 1. The average molecular weight is 282 g/mol. The summed E-state index contributed by atoms with van der Waals surface area (Å²) in [6, 6.07) is 8.25. The zero-order valence-corrected chi connectivity index (χ0v) is 12.1. The Hall–Kier alpha value is -2.14. The molecule has 1 unspecified atom stereocenters. The molecule has 0 aromatic carbocycles. The maximum Gasteiger partial charge on any atom is 0.160 e. The van der Waals surface area contributed by atoms with Crippen LogP contribution in [0.25, 0.3) is 11.2 Å². The summed E-state index contributed by atoms with van der Waals surface area (Å²) < 4.78 is 7.71. The standard InChI is InChI=1S/C16H18N4O/c1-19-9-3-7-14(19)16-18-13-6-2-8-17-15(13)20(16)11-12-5-4-10-21-12/h2,4-6,8,10,14H,3,7,9,11H2,1H3. The SMILES string of the molecule is CN1CCCC1c1nc2cccnc2n1Cc1ccco1. The van der Waals surface area contributed by atoms with Crippen molar-refractivity contribution < 1.29 is 4.42 Å². The maximum absolute atomic E-state index is 5.51. The van der Waals surface area contributed by atoms with Crippen molar-refractivity contribution in [3.63, 3.8) is 0 Å². The van der Waals surface area contributed by atoms with E-state index in [2.05, 4.69) is 21.5 Å². The van der Waals surface area contributed by atoms with Gasteiger partial charge < -0.3 is 8.98 Å². The number of hydrogen-bond donors (Lipinski definition) is 0. The van der Waals surface area contributed by atoms with E-state index in [-0.39, 0.29) is 0 Å². The fourth-order valence-electron chi connectivity index (χ4n) is 3.18. The van der Waals surface area contributed by atoms with Crippen LogP contribution in [0.1, 0.15) is 30.5 Å². The Morgan fingerprint density at radius 3 is 3.05 bits per heavy atom. The molecule has 0 amide bonds. The Labute approximate surface area is 123 Å². The Balaban J connectivity index is 1.84. The summed E-state index contributed by atoms with van der Waals surface area (Å²) in [6.07, 6.45) is 5.91. The van der Waals surface area contributed by atoms with E-state index < -0.39 is 0 Å². The molecular weight excluding hydrogens is 264 g/mol. The van der Waals surface area contributed by atoms with Crippen molar-refractivity contribution in [3.8, 4) is 0 Å². The van der Waals surface area contributed by atoms with Crippen LogP contribution in [0, 0.1) is 0 Å². The quantitative estimate of drug-likeness (QED) is 0.741. The third kappa shape index (κ3) is 2.14. The van der Waals surface area contributed by atoms with Crippen molar-refractivity contribution >= 4 is 11.2 Å². The summed E-state index contributed by atoms with van der Waals surface area (Å²) >= 11 is 0. The molecule has 0 bridgehead atoms. The number of pyridine rings is 1. The van der Waals surface area contributed by atoms with Crippen LogP contribution >= 0.6 is 0 Å². The van der Waals surface area contributed by atoms with E-state index in [9.17, 15) is 0 Å². The van der Waals surface area contributed by atoms with Gasteiger partial charge in [0.25, 0.3) is 0 Å². The molecule has 0 N–H and O–H groups in total. The van der Waals surface area contributed by atoms with Gasteiger partial charge in [0, 0.05) is 6.20 Å². The van der Waals surface area contributed by atoms with Gasteiger partial charge in [-0.2, -0.15) is 0 Å². The molecule has 21 heavy (non-hydrogen) atoms. The molecule has 5 nitrogen and oxygen atoms in total. The number of fused-ring (bicyclic) bond motifs is 1. The van der Waals surface area contributed by atoms with Crippen LogP contribution in [0.2, 0.25) is 0 Å². The molecule has 1 atom stereocenters. The van der Waals surface area contributed by atoms with Gasteiger partial charge in [-0.05, 0) is 50.7 Å². The second-order valence-electron chi connectivity index (χ2n) is 5.62. The zero-order valence-electron chi connectivity index (χ0n) is 12.1. The van der Waals surface area contributed by atoms with Gasteiger partial charge in [0.15, 0.2) is 5.65 Å². The highest BCUT2D eigenvalue weighted by Gasteiger charge is 2.28. The third-order valence-corrected chi connectivity index (χ3v) is 4.25. The molecular formula is C16H18N4O. The summed E-state index contributed by atoms with van der Waals surface area (Å²) in [5.74, 6) is 2.03. The molecule has 4 rings (SSSR count). The lowest BCUT2D eigenvalue weighted by Gasteiger charge is -2.19. The minimum Gasteiger partial charge on any atom is -0.467 e. The lowest BCUT2D eigenvalue weighted by atomic mass is 10.2. The molecule has 0 spiro atoms. The highest BCUT2D eigenvalue weighted by Crippen LogP contribution is 2.31. The second kappa shape index (κ2) is 5.00. The van der Waals surface area contributed by atoms with Crippen molar-refractivity contribution in [2.75, 3.05) is 13.6 Å². The van der Waals surface area contributed by atoms with Crippen LogP contribution in [0.4, 0.5) is 0 Å². The first-order valence-electron chi connectivity index (χ1n) is 7.37. The average Bonchev–Trinajstić information content (AvgIpc) is 3.20. The molecule has 1 fully saturated rings. The van der Waals surface area contributed by atoms with Gasteiger partial charge >= 0.3 is 0 Å². The van der Waals surface area contributed by atoms with Gasteiger partial charge in [-0.15, -0.1) is 0 Å². The summed E-state index contributed by atoms with van der Waals surface area (Å²) in [7, 11) is 2.17. The van der Waals surface area contributed by atoms with Gasteiger partial charge in [0.05, 0.1) is 18.8 Å². The Kier molecular flexibility index (Phi) is 3.00. The molecule has 108 valence electrons. The summed E-state index contributed by atoms with van der Waals surface area (Å²) in [6.45, 7) is 1.81. The molecule has 0 aliphatic carbocycles. The van der Waals surface area contributed by atoms with Gasteiger partial charge in [0.1, 0.15) is 17.1 Å². The van der Waals surface area contributed by atoms with E-state index in [0.717, 1.165) is 35.7 Å². The van der Waals surface area contributed by atoms with E-state index in [1.807, 2.05) is 30.5 Å². The Morgan fingerprint density at radius 2 is 2.29 bits per heavy atom. The molecule has 1 saturated heterocycles. The van der Waals surface area contributed by atoms with E-state index in [4.69, 9.17) is 9.40 Å². The van der Waals surface area contributed by atoms with E-state index in [1.165, 1.54) is 6.42 Å². The van der Waals surface area contributed by atoms with Gasteiger partial charge in [-0.3, -0.25) is 4.90 Å². The van der Waals surface area contributed by atoms with Gasteiger partial charge in [-0.1, -0.05) is 0 Å². The monoisotopic (exact) mass is 282 g/mol. The van der Waals surface area contributed by atoms with Crippen LogP contribution in [-0.4, -0.2) is 33.0 Å². The highest BCUT2D eigenvalue weighted by molar-refractivity contribution is 5.71. The van der Waals surface area contributed by atoms with E-state index in [1.54, 1.807) is 6.26 Å². The lowest BCUT2D eigenvalue weighted by Crippen LogP contribution is -2.21. The fraction of sp³-hybridized carbons (Fsp3) is 0.375. The van der Waals surface area contributed by atoms with Crippen molar-refractivity contribution in [2.45, 2.75) is 25.4 Å². The van der Waals surface area contributed by atoms with Crippen LogP contribution < -0.4 is 0 Å². The first-order valence-corrected chi connectivity index (χ1v) is 7.37. The smallest absolute Gasteiger partial charge is 0.160 e. The van der Waals surface area contributed by atoms with Crippen LogP contribution in [0.3, 0.4) is 0 Å². The molecule has 3 aromatic heterocycles. The lowest BCUT2D eigenvalue weighted by molar-refractivity contribution is 0.299. The number of nitrogens with zero attached hydrogens (tertiary/aromatic N) is 4. The van der Waals surface area contributed by atoms with Crippen LogP contribution in [-0.2, 0) is 6.54 Å². The predicted octanol–water partition coefficient (Wildman–Crippen LogP) is 2.84. The number of rotatable bonds is 3. The van der Waals surface area contributed by atoms with E-state index in [0.29, 0.717) is 12.6 Å². The molecule has 4 heterocycles. The minimum atomic E-state index is 0.370. The first-order chi connectivity index (χ1) is 10.3. The zero-order chi connectivity index (χ0) is 14.2. The van der Waals surface area contributed by atoms with E-state index >= 15 is 0 Å². The molecule has 1 aliphatic heterocycles. The highest BCUT2D eigenvalue weighted by atomic mass is 16.3. The van der Waals surface area contributed by atoms with Crippen LogP contribution in [0.5, 0.6) is 0 Å². The van der Waals surface area contributed by atoms with Crippen molar-refractivity contribution in [1.82, 2.24) is 19.4 Å². The molecule has 1 aliphatic rings. The number of hydrogen-bond acceptors (Lipinski definition) is 4. The second-order valence-corrected chi connectivity index (χ2v) is 5.62. The largest absolute Gasteiger partial charge is 0.467 e. The minimum absolute atomic E-state index is 0.370. The summed E-state index contributed by atoms with van der Waals surface area (Å²) in [5.41, 5.74) is 1.89. The van der Waals surface area contributed by atoms with Gasteiger partial charge in [0.2, 0.25) is 0 Å². The van der Waals surface area contributed by atoms with Gasteiger partial charge in [-0.25, -0.2) is 9.97 Å². The molecule has 0 saturated carbocycles. The van der Waals surface area contributed by atoms with Crippen molar-refractivity contribution in [1.29, 1.82) is 0 Å². The Morgan fingerprint density at radius 1 is 1.33 bits per heavy atom.